The van der Waals surface area contributed by atoms with Crippen LogP contribution in [0, 0.1) is 0 Å². The minimum absolute atomic E-state index is 0.302. The van der Waals surface area contributed by atoms with Gasteiger partial charge in [-0.15, -0.1) is 0 Å². The van der Waals surface area contributed by atoms with Crippen LogP contribution in [0.25, 0.3) is 0 Å². The fourth-order valence-electron chi connectivity index (χ4n) is 2.19. The minimum atomic E-state index is -1.35. The molecule has 0 fully saturated rings. The molecule has 0 saturated carbocycles. The third-order valence-electron chi connectivity index (χ3n) is 3.07. The van der Waals surface area contributed by atoms with Crippen LogP contribution in [0.2, 0.25) is 5.02 Å². The van der Waals surface area contributed by atoms with Gasteiger partial charge in [-0.2, -0.15) is 0 Å². The molecule has 0 unspecified atom stereocenters. The Morgan fingerprint density at radius 2 is 1.60 bits per heavy atom. The predicted octanol–water partition coefficient (Wildman–Crippen LogP) is 3.44. The third kappa shape index (κ3) is 2.18. The molecule has 0 aliphatic carbocycles. The minimum Gasteiger partial charge on any atom is -0.481 e. The zero-order valence-corrected chi connectivity index (χ0v) is 11.1. The topological polar surface area (TPSA) is 55.8 Å². The van der Waals surface area contributed by atoms with E-state index in [4.69, 9.17) is 26.2 Å². The second-order valence-corrected chi connectivity index (χ2v) is 4.92. The van der Waals surface area contributed by atoms with Crippen molar-refractivity contribution >= 4 is 17.6 Å². The number of carboxylic acids is 1. The number of hydrogen-bond acceptors (Lipinski definition) is 3. The first-order valence-electron chi connectivity index (χ1n) is 6.04. The van der Waals surface area contributed by atoms with Crippen molar-refractivity contribution in [2.45, 2.75) is 12.2 Å². The van der Waals surface area contributed by atoms with Gasteiger partial charge in [0.25, 0.3) is 5.79 Å². The van der Waals surface area contributed by atoms with Crippen LogP contribution >= 0.6 is 11.6 Å². The Morgan fingerprint density at radius 1 is 1.05 bits per heavy atom. The van der Waals surface area contributed by atoms with Gasteiger partial charge in [0, 0.05) is 10.6 Å². The van der Waals surface area contributed by atoms with Crippen molar-refractivity contribution < 1.29 is 19.4 Å². The number of para-hydroxylation sites is 2. The van der Waals surface area contributed by atoms with E-state index >= 15 is 0 Å². The predicted molar refractivity (Wildman–Crippen MR) is 73.1 cm³/mol. The SMILES string of the molecule is O=C(O)CC1(c2ccc(Cl)cc2)Oc2ccccc2O1. The standard InChI is InChI=1S/C15H11ClO4/c16-11-7-5-10(6-8-11)15(9-14(17)18)19-12-3-1-2-4-13(12)20-15/h1-8H,9H2,(H,17,18). The van der Waals surface area contributed by atoms with E-state index in [-0.39, 0.29) is 6.42 Å². The van der Waals surface area contributed by atoms with Crippen molar-refractivity contribution in [2.75, 3.05) is 0 Å². The highest BCUT2D eigenvalue weighted by Crippen LogP contribution is 2.45. The lowest BCUT2D eigenvalue weighted by Crippen LogP contribution is -2.37. The van der Waals surface area contributed by atoms with E-state index < -0.39 is 11.8 Å². The third-order valence-corrected chi connectivity index (χ3v) is 3.32. The lowest BCUT2D eigenvalue weighted by Gasteiger charge is -2.26. The fourth-order valence-corrected chi connectivity index (χ4v) is 2.32. The highest BCUT2D eigenvalue weighted by Gasteiger charge is 2.45. The summed E-state index contributed by atoms with van der Waals surface area (Å²) in [7, 11) is 0. The largest absolute Gasteiger partial charge is 0.481 e. The van der Waals surface area contributed by atoms with Crippen LogP contribution in [0.4, 0.5) is 0 Å². The molecule has 2 aromatic carbocycles. The first kappa shape index (κ1) is 12.8. The normalized spacial score (nSPS) is 15.1. The van der Waals surface area contributed by atoms with E-state index in [1.165, 1.54) is 0 Å². The smallest absolute Gasteiger partial charge is 0.311 e. The maximum Gasteiger partial charge on any atom is 0.311 e. The van der Waals surface area contributed by atoms with E-state index in [9.17, 15) is 4.79 Å². The Labute approximate surface area is 120 Å². The van der Waals surface area contributed by atoms with Gasteiger partial charge in [0.15, 0.2) is 11.5 Å². The summed E-state index contributed by atoms with van der Waals surface area (Å²) in [5.74, 6) is -1.29. The van der Waals surface area contributed by atoms with Crippen molar-refractivity contribution in [1.82, 2.24) is 0 Å². The van der Waals surface area contributed by atoms with Crippen LogP contribution < -0.4 is 9.47 Å². The Morgan fingerprint density at radius 3 is 2.10 bits per heavy atom. The van der Waals surface area contributed by atoms with Gasteiger partial charge in [-0.05, 0) is 36.4 Å². The van der Waals surface area contributed by atoms with Crippen LogP contribution in [0.1, 0.15) is 12.0 Å². The zero-order chi connectivity index (χ0) is 14.2. The van der Waals surface area contributed by atoms with E-state index in [2.05, 4.69) is 0 Å². The summed E-state index contributed by atoms with van der Waals surface area (Å²) < 4.78 is 11.6. The average Bonchev–Trinajstić information content (AvgIpc) is 2.77. The maximum atomic E-state index is 11.2. The molecule has 0 aromatic heterocycles. The van der Waals surface area contributed by atoms with Crippen molar-refractivity contribution in [3.63, 3.8) is 0 Å². The van der Waals surface area contributed by atoms with E-state index in [0.29, 0.717) is 22.1 Å². The molecule has 1 heterocycles. The number of carboxylic acid groups (broad SMARTS) is 1. The maximum absolute atomic E-state index is 11.2. The molecule has 1 N–H and O–H groups in total. The van der Waals surface area contributed by atoms with Crippen molar-refractivity contribution in [3.05, 3.63) is 59.1 Å². The molecule has 5 heteroatoms. The molecule has 20 heavy (non-hydrogen) atoms. The summed E-state index contributed by atoms with van der Waals surface area (Å²) in [4.78, 5) is 11.2. The first-order chi connectivity index (χ1) is 9.59. The van der Waals surface area contributed by atoms with Gasteiger partial charge in [0.05, 0.1) is 0 Å². The van der Waals surface area contributed by atoms with E-state index in [0.717, 1.165) is 0 Å². The summed E-state index contributed by atoms with van der Waals surface area (Å²) in [6.45, 7) is 0. The monoisotopic (exact) mass is 290 g/mol. The van der Waals surface area contributed by atoms with Gasteiger partial charge < -0.3 is 14.6 Å². The molecule has 0 spiro atoms. The molecular formula is C15H11ClO4. The van der Waals surface area contributed by atoms with Gasteiger partial charge in [-0.1, -0.05) is 23.7 Å². The number of rotatable bonds is 3. The molecule has 2 aromatic rings. The number of ether oxygens (including phenoxy) is 2. The number of fused-ring (bicyclic) bond motifs is 1. The molecule has 0 atom stereocenters. The summed E-state index contributed by atoms with van der Waals surface area (Å²) in [5.41, 5.74) is 0.612. The van der Waals surface area contributed by atoms with Crippen molar-refractivity contribution in [1.29, 1.82) is 0 Å². The fraction of sp³-hybridized carbons (Fsp3) is 0.133. The van der Waals surface area contributed by atoms with Gasteiger partial charge in [-0.25, -0.2) is 0 Å². The van der Waals surface area contributed by atoms with Gasteiger partial charge in [-0.3, -0.25) is 4.79 Å². The van der Waals surface area contributed by atoms with Gasteiger partial charge in [0.1, 0.15) is 6.42 Å². The number of halogens is 1. The molecule has 0 radical (unpaired) electrons. The molecule has 0 saturated heterocycles. The van der Waals surface area contributed by atoms with Gasteiger partial charge in [0.2, 0.25) is 0 Å². The highest BCUT2D eigenvalue weighted by molar-refractivity contribution is 6.30. The van der Waals surface area contributed by atoms with Crippen LogP contribution in [0.3, 0.4) is 0 Å². The average molecular weight is 291 g/mol. The summed E-state index contributed by atoms with van der Waals surface area (Å²) >= 11 is 5.86. The van der Waals surface area contributed by atoms with E-state index in [1.807, 2.05) is 0 Å². The van der Waals surface area contributed by atoms with Crippen LogP contribution in [-0.2, 0) is 10.6 Å². The number of carbonyl (C=O) groups is 1. The van der Waals surface area contributed by atoms with E-state index in [1.54, 1.807) is 48.5 Å². The van der Waals surface area contributed by atoms with Crippen LogP contribution in [-0.4, -0.2) is 11.1 Å². The summed E-state index contributed by atoms with van der Waals surface area (Å²) in [6.07, 6.45) is -0.302. The lowest BCUT2D eigenvalue weighted by molar-refractivity contribution is -0.154. The first-order valence-corrected chi connectivity index (χ1v) is 6.42. The number of aliphatic carboxylic acids is 1. The summed E-state index contributed by atoms with van der Waals surface area (Å²) in [6, 6.07) is 13.9. The highest BCUT2D eigenvalue weighted by atomic mass is 35.5. The lowest BCUT2D eigenvalue weighted by atomic mass is 10.0. The second-order valence-electron chi connectivity index (χ2n) is 4.48. The second kappa shape index (κ2) is 4.72. The zero-order valence-electron chi connectivity index (χ0n) is 10.4. The van der Waals surface area contributed by atoms with Crippen molar-refractivity contribution in [2.24, 2.45) is 0 Å². The molecule has 4 nitrogen and oxygen atoms in total. The molecular weight excluding hydrogens is 280 g/mol. The Kier molecular flexibility index (Phi) is 3.03. The molecule has 3 rings (SSSR count). The van der Waals surface area contributed by atoms with Crippen LogP contribution in [0.5, 0.6) is 11.5 Å². The Bertz CT molecular complexity index is 626. The Hall–Kier alpha value is -2.20. The molecule has 102 valence electrons. The van der Waals surface area contributed by atoms with Gasteiger partial charge >= 0.3 is 5.97 Å². The Balaban J connectivity index is 2.04. The van der Waals surface area contributed by atoms with Crippen LogP contribution in [0.15, 0.2) is 48.5 Å². The molecule has 0 amide bonds. The summed E-state index contributed by atoms with van der Waals surface area (Å²) in [5, 5.41) is 9.71. The molecule has 0 bridgehead atoms. The quantitative estimate of drug-likeness (QED) is 0.941. The molecule has 1 aliphatic rings. The van der Waals surface area contributed by atoms with Crippen molar-refractivity contribution in [3.8, 4) is 11.5 Å². The number of benzene rings is 2. The number of hydrogen-bond donors (Lipinski definition) is 1. The molecule has 1 aliphatic heterocycles.